The van der Waals surface area contributed by atoms with Gasteiger partial charge in [-0.25, -0.2) is 0 Å². The number of aliphatic hydroxyl groups is 2. The molecule has 5 heteroatoms. The fourth-order valence-corrected chi connectivity index (χ4v) is 1.29. The van der Waals surface area contributed by atoms with E-state index in [2.05, 4.69) is 0 Å². The standard InChI is InChI=1S/C8H21N2O2.ClH/c1-10(5-7-11,6-8-12)4-2-3-9;/h11-12H,2-9H2,1H3;1H/q+1;/p-1. The van der Waals surface area contributed by atoms with Gasteiger partial charge in [0.25, 0.3) is 0 Å². The van der Waals surface area contributed by atoms with E-state index >= 15 is 0 Å². The Bertz CT molecular complexity index is 108. The van der Waals surface area contributed by atoms with Crippen LogP contribution >= 0.6 is 0 Å². The van der Waals surface area contributed by atoms with Crippen molar-refractivity contribution in [3.8, 4) is 0 Å². The van der Waals surface area contributed by atoms with Gasteiger partial charge in [-0.3, -0.25) is 0 Å². The summed E-state index contributed by atoms with van der Waals surface area (Å²) in [6, 6.07) is 0. The Kier molecular flexibility index (Phi) is 10.5. The zero-order chi connectivity index (χ0) is 9.45. The van der Waals surface area contributed by atoms with Crippen molar-refractivity contribution in [3.05, 3.63) is 0 Å². The fraction of sp³-hybridized carbons (Fsp3) is 1.00. The molecule has 0 aliphatic carbocycles. The van der Waals surface area contributed by atoms with Crippen molar-refractivity contribution in [2.45, 2.75) is 6.42 Å². The second-order valence-corrected chi connectivity index (χ2v) is 3.38. The van der Waals surface area contributed by atoms with Crippen LogP contribution in [-0.2, 0) is 0 Å². The van der Waals surface area contributed by atoms with Gasteiger partial charge < -0.3 is 32.8 Å². The quantitative estimate of drug-likeness (QED) is 0.375. The van der Waals surface area contributed by atoms with Gasteiger partial charge in [-0.1, -0.05) is 0 Å². The topological polar surface area (TPSA) is 66.5 Å². The molecule has 0 fully saturated rings. The number of hydrogen-bond acceptors (Lipinski definition) is 3. The van der Waals surface area contributed by atoms with Crippen LogP contribution in [0.1, 0.15) is 6.42 Å². The molecular weight excluding hydrogens is 192 g/mol. The molecule has 0 rings (SSSR count). The van der Waals surface area contributed by atoms with E-state index in [-0.39, 0.29) is 25.6 Å². The van der Waals surface area contributed by atoms with Crippen LogP contribution in [0.15, 0.2) is 0 Å². The van der Waals surface area contributed by atoms with Crippen molar-refractivity contribution in [3.63, 3.8) is 0 Å². The molecule has 0 spiro atoms. The number of rotatable bonds is 7. The van der Waals surface area contributed by atoms with Crippen molar-refractivity contribution < 1.29 is 27.1 Å². The molecule has 0 bridgehead atoms. The van der Waals surface area contributed by atoms with Gasteiger partial charge >= 0.3 is 0 Å². The molecule has 0 unspecified atom stereocenters. The van der Waals surface area contributed by atoms with Gasteiger partial charge in [-0.15, -0.1) is 0 Å². The van der Waals surface area contributed by atoms with Crippen molar-refractivity contribution in [2.75, 3.05) is 46.4 Å². The lowest BCUT2D eigenvalue weighted by molar-refractivity contribution is -0.910. The Morgan fingerprint density at radius 1 is 1.08 bits per heavy atom. The average molecular weight is 213 g/mol. The Balaban J connectivity index is 0. The van der Waals surface area contributed by atoms with Crippen LogP contribution in [0.5, 0.6) is 0 Å². The Morgan fingerprint density at radius 2 is 1.54 bits per heavy atom. The molecule has 0 aromatic heterocycles. The molecule has 4 nitrogen and oxygen atoms in total. The van der Waals surface area contributed by atoms with Crippen LogP contribution in [0.2, 0.25) is 0 Å². The lowest BCUT2D eigenvalue weighted by Crippen LogP contribution is -3.00. The smallest absolute Gasteiger partial charge is 0.102 e. The number of quaternary nitrogens is 1. The minimum Gasteiger partial charge on any atom is -1.00 e. The highest BCUT2D eigenvalue weighted by atomic mass is 35.5. The monoisotopic (exact) mass is 212 g/mol. The van der Waals surface area contributed by atoms with Gasteiger partial charge in [0.1, 0.15) is 13.1 Å². The van der Waals surface area contributed by atoms with Gasteiger partial charge in [0.2, 0.25) is 0 Å². The van der Waals surface area contributed by atoms with Gasteiger partial charge in [-0.2, -0.15) is 0 Å². The predicted molar refractivity (Wildman–Crippen MR) is 48.6 cm³/mol. The van der Waals surface area contributed by atoms with E-state index in [1.54, 1.807) is 0 Å². The summed E-state index contributed by atoms with van der Waals surface area (Å²) in [4.78, 5) is 0. The molecule has 0 amide bonds. The number of hydrogen-bond donors (Lipinski definition) is 3. The first-order chi connectivity index (χ1) is 5.68. The molecule has 0 aromatic rings. The van der Waals surface area contributed by atoms with E-state index in [0.29, 0.717) is 24.1 Å². The number of aliphatic hydroxyl groups excluding tert-OH is 2. The summed E-state index contributed by atoms with van der Waals surface area (Å²) in [6.45, 7) is 3.32. The summed E-state index contributed by atoms with van der Waals surface area (Å²) in [5, 5.41) is 17.6. The lowest BCUT2D eigenvalue weighted by Gasteiger charge is -2.33. The first-order valence-corrected chi connectivity index (χ1v) is 4.44. The van der Waals surface area contributed by atoms with Gasteiger partial charge in [0, 0.05) is 6.42 Å². The molecule has 0 saturated heterocycles. The molecule has 0 saturated carbocycles. The normalized spacial score (nSPS) is 11.1. The zero-order valence-corrected chi connectivity index (χ0v) is 9.00. The number of nitrogens with zero attached hydrogens (tertiary/aromatic N) is 1. The fourth-order valence-electron chi connectivity index (χ4n) is 1.29. The van der Waals surface area contributed by atoms with Crippen LogP contribution in [0.3, 0.4) is 0 Å². The van der Waals surface area contributed by atoms with Crippen molar-refractivity contribution in [1.82, 2.24) is 0 Å². The third-order valence-electron chi connectivity index (χ3n) is 2.18. The summed E-state index contributed by atoms with van der Waals surface area (Å²) in [7, 11) is 2.03. The second-order valence-electron chi connectivity index (χ2n) is 3.38. The van der Waals surface area contributed by atoms with Crippen LogP contribution in [0.25, 0.3) is 0 Å². The molecule has 0 heterocycles. The lowest BCUT2D eigenvalue weighted by atomic mass is 10.3. The van der Waals surface area contributed by atoms with E-state index in [0.717, 1.165) is 13.0 Å². The summed E-state index contributed by atoms with van der Waals surface area (Å²) >= 11 is 0. The van der Waals surface area contributed by atoms with Gasteiger partial charge in [0.15, 0.2) is 0 Å². The number of likely N-dealkylation sites (N-methyl/N-ethyl adjacent to an activating group) is 1. The maximum Gasteiger partial charge on any atom is 0.102 e. The van der Waals surface area contributed by atoms with Crippen molar-refractivity contribution in [1.29, 1.82) is 0 Å². The molecule has 4 N–H and O–H groups in total. The number of halogens is 1. The summed E-state index contributed by atoms with van der Waals surface area (Å²) in [5.41, 5.74) is 5.39. The van der Waals surface area contributed by atoms with E-state index in [1.165, 1.54) is 0 Å². The first kappa shape index (κ1) is 15.6. The molecule has 0 aliphatic rings. The highest BCUT2D eigenvalue weighted by molar-refractivity contribution is 4.42. The summed E-state index contributed by atoms with van der Waals surface area (Å²) in [5.74, 6) is 0. The Morgan fingerprint density at radius 3 is 1.85 bits per heavy atom. The number of nitrogens with two attached hydrogens (primary N) is 1. The molecule has 0 atom stereocenters. The average Bonchev–Trinajstić information content (AvgIpc) is 2.02. The minimum atomic E-state index is 0. The third-order valence-corrected chi connectivity index (χ3v) is 2.18. The minimum absolute atomic E-state index is 0. The van der Waals surface area contributed by atoms with Crippen LogP contribution in [0.4, 0.5) is 0 Å². The zero-order valence-electron chi connectivity index (χ0n) is 8.25. The third kappa shape index (κ3) is 7.22. The van der Waals surface area contributed by atoms with Crippen LogP contribution in [0, 0.1) is 0 Å². The summed E-state index contributed by atoms with van der Waals surface area (Å²) in [6.07, 6.45) is 0.941. The Labute approximate surface area is 86.3 Å². The van der Waals surface area contributed by atoms with Crippen molar-refractivity contribution >= 4 is 0 Å². The van der Waals surface area contributed by atoms with E-state index in [1.807, 2.05) is 7.05 Å². The maximum atomic E-state index is 8.80. The van der Waals surface area contributed by atoms with Crippen LogP contribution in [-0.4, -0.2) is 61.1 Å². The van der Waals surface area contributed by atoms with Crippen LogP contribution < -0.4 is 18.1 Å². The van der Waals surface area contributed by atoms with Crippen molar-refractivity contribution in [2.24, 2.45) is 5.73 Å². The highest BCUT2D eigenvalue weighted by Crippen LogP contribution is 2.01. The van der Waals surface area contributed by atoms with E-state index in [4.69, 9.17) is 15.9 Å². The molecule has 82 valence electrons. The van der Waals surface area contributed by atoms with Gasteiger partial charge in [-0.05, 0) is 6.54 Å². The molecule has 0 aromatic carbocycles. The van der Waals surface area contributed by atoms with E-state index < -0.39 is 0 Å². The molecule has 0 radical (unpaired) electrons. The highest BCUT2D eigenvalue weighted by Gasteiger charge is 2.18. The Hall–Kier alpha value is 0.130. The second kappa shape index (κ2) is 8.72. The molecule has 13 heavy (non-hydrogen) atoms. The molecule has 0 aliphatic heterocycles. The maximum absolute atomic E-state index is 8.80. The van der Waals surface area contributed by atoms with E-state index in [9.17, 15) is 0 Å². The summed E-state index contributed by atoms with van der Waals surface area (Å²) < 4.78 is 0.712. The molecular formula is C8H21ClN2O2. The largest absolute Gasteiger partial charge is 1.00 e. The SMILES string of the molecule is C[N+](CCO)(CCO)CCCN.[Cl-]. The predicted octanol–water partition coefficient (Wildman–Crippen LogP) is -4.23. The first-order valence-electron chi connectivity index (χ1n) is 4.44. The van der Waals surface area contributed by atoms with Gasteiger partial charge in [0.05, 0.1) is 26.8 Å².